The largest absolute Gasteiger partial charge is 0.416 e. The van der Waals surface area contributed by atoms with Gasteiger partial charge in [-0.2, -0.15) is 28.1 Å². The van der Waals surface area contributed by atoms with Crippen LogP contribution < -0.4 is 16.0 Å². The second-order valence-electron chi connectivity index (χ2n) is 7.76. The van der Waals surface area contributed by atoms with E-state index in [4.69, 9.17) is 0 Å². The highest BCUT2D eigenvalue weighted by molar-refractivity contribution is 5.78. The van der Waals surface area contributed by atoms with Crippen LogP contribution in [-0.2, 0) is 17.5 Å². The molecule has 2 aromatic rings. The summed E-state index contributed by atoms with van der Waals surface area (Å²) in [4.78, 5) is 25.3. The van der Waals surface area contributed by atoms with Crippen LogP contribution in [-0.4, -0.2) is 34.5 Å². The van der Waals surface area contributed by atoms with Gasteiger partial charge in [0.2, 0.25) is 17.8 Å². The van der Waals surface area contributed by atoms with Crippen molar-refractivity contribution in [2.45, 2.75) is 45.3 Å². The maximum absolute atomic E-state index is 13.1. The number of halogens is 3. The van der Waals surface area contributed by atoms with Gasteiger partial charge in [-0.05, 0) is 43.7 Å². The van der Waals surface area contributed by atoms with Crippen molar-refractivity contribution in [2.75, 3.05) is 24.2 Å². The number of rotatable bonds is 7. The lowest BCUT2D eigenvalue weighted by Gasteiger charge is -2.28. The van der Waals surface area contributed by atoms with Crippen molar-refractivity contribution in [1.29, 1.82) is 0 Å². The highest BCUT2D eigenvalue weighted by Gasteiger charge is 2.33. The van der Waals surface area contributed by atoms with Crippen molar-refractivity contribution in [3.63, 3.8) is 0 Å². The van der Waals surface area contributed by atoms with Crippen molar-refractivity contribution < 1.29 is 18.0 Å². The van der Waals surface area contributed by atoms with Gasteiger partial charge in [-0.25, -0.2) is 0 Å². The molecule has 0 bridgehead atoms. The maximum Gasteiger partial charge on any atom is 0.416 e. The van der Waals surface area contributed by atoms with Gasteiger partial charge in [-0.1, -0.05) is 24.6 Å². The third kappa shape index (κ3) is 6.28. The molecule has 7 nitrogen and oxygen atoms in total. The van der Waals surface area contributed by atoms with E-state index in [1.165, 1.54) is 12.1 Å². The maximum atomic E-state index is 13.1. The first-order valence-electron chi connectivity index (χ1n) is 10.3. The number of hydrogen-bond donors (Lipinski definition) is 3. The average molecular weight is 436 g/mol. The van der Waals surface area contributed by atoms with Crippen LogP contribution >= 0.6 is 0 Å². The minimum atomic E-state index is -4.44. The first-order valence-corrected chi connectivity index (χ1v) is 10.3. The molecule has 2 atom stereocenters. The quantitative estimate of drug-likeness (QED) is 0.612. The summed E-state index contributed by atoms with van der Waals surface area (Å²) in [6.07, 6.45) is -1.18. The van der Waals surface area contributed by atoms with Gasteiger partial charge in [0, 0.05) is 26.1 Å². The highest BCUT2D eigenvalue weighted by Crippen LogP contribution is 2.32. The molecule has 0 saturated heterocycles. The fourth-order valence-electron chi connectivity index (χ4n) is 3.90. The summed E-state index contributed by atoms with van der Waals surface area (Å²) in [5.74, 6) is 1.40. The first kappa shape index (κ1) is 22.8. The van der Waals surface area contributed by atoms with Crippen molar-refractivity contribution in [3.8, 4) is 0 Å². The Hall–Kier alpha value is -2.91. The predicted molar refractivity (Wildman–Crippen MR) is 111 cm³/mol. The van der Waals surface area contributed by atoms with Gasteiger partial charge in [0.15, 0.2) is 0 Å². The van der Waals surface area contributed by atoms with Gasteiger partial charge in [0.1, 0.15) is 5.82 Å². The molecule has 1 heterocycles. The number of carbonyl (C=O) groups is 1. The molecule has 10 heteroatoms. The Morgan fingerprint density at radius 3 is 2.61 bits per heavy atom. The SMILES string of the molecule is CNc1nc(C)nc(NCC2CCC[C@H](C(=O)NCc3ccccc3C(F)(F)F)C2)n1. The molecule has 1 unspecified atom stereocenters. The molecule has 0 spiro atoms. The van der Waals surface area contributed by atoms with E-state index >= 15 is 0 Å². The Bertz CT molecular complexity index is 905. The predicted octanol–water partition coefficient (Wildman–Crippen LogP) is 3.78. The van der Waals surface area contributed by atoms with E-state index in [9.17, 15) is 18.0 Å². The van der Waals surface area contributed by atoms with E-state index in [0.29, 0.717) is 30.7 Å². The normalized spacial score (nSPS) is 19.0. The van der Waals surface area contributed by atoms with Gasteiger partial charge in [-0.3, -0.25) is 4.79 Å². The zero-order chi connectivity index (χ0) is 22.4. The lowest BCUT2D eigenvalue weighted by atomic mass is 9.81. The van der Waals surface area contributed by atoms with Crippen LogP contribution in [0.15, 0.2) is 24.3 Å². The number of nitrogens with zero attached hydrogens (tertiary/aromatic N) is 3. The van der Waals surface area contributed by atoms with Crippen molar-refractivity contribution in [2.24, 2.45) is 11.8 Å². The minimum Gasteiger partial charge on any atom is -0.357 e. The summed E-state index contributed by atoms with van der Waals surface area (Å²) in [6.45, 7) is 2.27. The molecule has 0 aliphatic heterocycles. The molecule has 1 fully saturated rings. The molecule has 31 heavy (non-hydrogen) atoms. The molecule has 3 rings (SSSR count). The summed E-state index contributed by atoms with van der Waals surface area (Å²) >= 11 is 0. The van der Waals surface area contributed by atoms with Crippen LogP contribution in [0.1, 0.15) is 42.6 Å². The van der Waals surface area contributed by atoms with Crippen LogP contribution in [0, 0.1) is 18.8 Å². The summed E-state index contributed by atoms with van der Waals surface area (Å²) in [6, 6.07) is 5.32. The molecular weight excluding hydrogens is 409 g/mol. The van der Waals surface area contributed by atoms with Crippen molar-refractivity contribution >= 4 is 17.8 Å². The average Bonchev–Trinajstić information content (AvgIpc) is 2.75. The van der Waals surface area contributed by atoms with E-state index < -0.39 is 11.7 Å². The first-order chi connectivity index (χ1) is 14.8. The minimum absolute atomic E-state index is 0.0721. The van der Waals surface area contributed by atoms with Crippen LogP contribution in [0.3, 0.4) is 0 Å². The zero-order valence-corrected chi connectivity index (χ0v) is 17.6. The summed E-state index contributed by atoms with van der Waals surface area (Å²) in [5.41, 5.74) is -0.641. The number of carbonyl (C=O) groups excluding carboxylic acids is 1. The van der Waals surface area contributed by atoms with Gasteiger partial charge in [0.25, 0.3) is 0 Å². The standard InChI is InChI=1S/C21H27F3N6O/c1-13-28-19(25-2)30-20(29-13)27-11-14-6-5-8-15(10-14)18(31)26-12-16-7-3-4-9-17(16)21(22,23)24/h3-4,7,9,14-15H,5-6,8,10-12H2,1-2H3,(H,26,31)(H2,25,27,28,29,30)/t14?,15-/m0/s1. The highest BCUT2D eigenvalue weighted by atomic mass is 19.4. The zero-order valence-electron chi connectivity index (χ0n) is 17.6. The molecule has 1 aliphatic carbocycles. The van der Waals surface area contributed by atoms with E-state index in [0.717, 1.165) is 25.3 Å². The monoisotopic (exact) mass is 436 g/mol. The summed E-state index contributed by atoms with van der Waals surface area (Å²) in [5, 5.41) is 8.79. The molecule has 3 N–H and O–H groups in total. The number of nitrogens with one attached hydrogen (secondary N) is 3. The lowest BCUT2D eigenvalue weighted by molar-refractivity contribution is -0.138. The second kappa shape index (κ2) is 9.93. The van der Waals surface area contributed by atoms with Crippen molar-refractivity contribution in [1.82, 2.24) is 20.3 Å². The smallest absolute Gasteiger partial charge is 0.357 e. The lowest BCUT2D eigenvalue weighted by Crippen LogP contribution is -2.35. The molecule has 1 aromatic carbocycles. The number of alkyl halides is 3. The Morgan fingerprint density at radius 2 is 1.87 bits per heavy atom. The van der Waals surface area contributed by atoms with Crippen LogP contribution in [0.4, 0.5) is 25.1 Å². The number of hydrogen-bond acceptors (Lipinski definition) is 6. The van der Waals surface area contributed by atoms with Gasteiger partial charge in [-0.15, -0.1) is 0 Å². The number of aryl methyl sites for hydroxylation is 1. The van der Waals surface area contributed by atoms with Gasteiger partial charge in [0.05, 0.1) is 5.56 Å². The molecule has 1 aromatic heterocycles. The Kier molecular flexibility index (Phi) is 7.29. The summed E-state index contributed by atoms with van der Waals surface area (Å²) in [7, 11) is 1.73. The van der Waals surface area contributed by atoms with E-state index in [1.54, 1.807) is 20.0 Å². The van der Waals surface area contributed by atoms with E-state index in [2.05, 4.69) is 30.9 Å². The molecule has 1 amide bonds. The molecular formula is C21H27F3N6O. The summed E-state index contributed by atoms with van der Waals surface area (Å²) < 4.78 is 39.4. The number of benzene rings is 1. The Labute approximate surface area is 179 Å². The van der Waals surface area contributed by atoms with Crippen LogP contribution in [0.25, 0.3) is 0 Å². The van der Waals surface area contributed by atoms with Crippen molar-refractivity contribution in [3.05, 3.63) is 41.2 Å². The topological polar surface area (TPSA) is 91.8 Å². The number of aromatic nitrogens is 3. The molecule has 168 valence electrons. The second-order valence-corrected chi connectivity index (χ2v) is 7.76. The van der Waals surface area contributed by atoms with Gasteiger partial charge >= 0.3 is 6.18 Å². The fraction of sp³-hybridized carbons (Fsp3) is 0.524. The van der Waals surface area contributed by atoms with E-state index in [1.807, 2.05) is 0 Å². The molecule has 1 aliphatic rings. The Balaban J connectivity index is 1.54. The Morgan fingerprint density at radius 1 is 1.13 bits per heavy atom. The molecule has 1 saturated carbocycles. The number of anilines is 2. The van der Waals surface area contributed by atoms with Crippen LogP contribution in [0.2, 0.25) is 0 Å². The third-order valence-electron chi connectivity index (χ3n) is 5.45. The fourth-order valence-corrected chi connectivity index (χ4v) is 3.90. The molecule has 0 radical (unpaired) electrons. The van der Waals surface area contributed by atoms with E-state index in [-0.39, 0.29) is 29.9 Å². The number of amides is 1. The third-order valence-corrected chi connectivity index (χ3v) is 5.45. The van der Waals surface area contributed by atoms with Gasteiger partial charge < -0.3 is 16.0 Å². The van der Waals surface area contributed by atoms with Crippen LogP contribution in [0.5, 0.6) is 0 Å².